The fourth-order valence-electron chi connectivity index (χ4n) is 1.27. The fraction of sp³-hybridized carbons (Fsp3) is 0.231. The van der Waals surface area contributed by atoms with Crippen molar-refractivity contribution in [3.8, 4) is 0 Å². The van der Waals surface area contributed by atoms with Crippen LogP contribution in [0.3, 0.4) is 0 Å². The minimum Gasteiger partial charge on any atom is -0.481 e. The minimum absolute atomic E-state index is 0.0208. The van der Waals surface area contributed by atoms with Crippen molar-refractivity contribution in [3.63, 3.8) is 0 Å². The number of nitrogens with zero attached hydrogens (tertiary/aromatic N) is 1. The average molecular weight is 318 g/mol. The molecule has 0 radical (unpaired) electrons. The van der Waals surface area contributed by atoms with Crippen molar-refractivity contribution in [3.05, 3.63) is 41.3 Å². The highest BCUT2D eigenvalue weighted by Crippen LogP contribution is 2.30. The van der Waals surface area contributed by atoms with Gasteiger partial charge in [0.1, 0.15) is 0 Å². The number of amidine groups is 1. The molecule has 0 aromatic heterocycles. The van der Waals surface area contributed by atoms with E-state index in [0.29, 0.717) is 12.1 Å². The second-order valence-electron chi connectivity index (χ2n) is 3.92. The Morgan fingerprint density at radius 2 is 1.95 bits per heavy atom. The summed E-state index contributed by atoms with van der Waals surface area (Å²) in [5.41, 5.74) is 5.16. The first-order valence-corrected chi connectivity index (χ1v) is 6.72. The zero-order valence-corrected chi connectivity index (χ0v) is 11.6. The smallest absolute Gasteiger partial charge is 0.416 e. The Bertz CT molecular complexity index is 539. The summed E-state index contributed by atoms with van der Waals surface area (Å²) >= 11 is 1.06. The van der Waals surface area contributed by atoms with Crippen LogP contribution in [0.25, 0.3) is 0 Å². The molecule has 8 heteroatoms. The van der Waals surface area contributed by atoms with E-state index in [-0.39, 0.29) is 11.6 Å². The first kappa shape index (κ1) is 17.1. The molecule has 3 N–H and O–H groups in total. The van der Waals surface area contributed by atoms with Gasteiger partial charge in [0.15, 0.2) is 5.17 Å². The van der Waals surface area contributed by atoms with Crippen LogP contribution in [0.15, 0.2) is 40.7 Å². The Kier molecular flexibility index (Phi) is 6.29. The maximum Gasteiger partial charge on any atom is 0.416 e. The van der Waals surface area contributed by atoms with Gasteiger partial charge in [-0.1, -0.05) is 17.8 Å². The first-order chi connectivity index (χ1) is 9.79. The number of carboxylic acid groups (broad SMARTS) is 1. The SMILES string of the molecule is NC(=Nc1ccc(C(F)(F)F)cc1)S/C=C/CCC(=O)O. The summed E-state index contributed by atoms with van der Waals surface area (Å²) in [5, 5.41) is 10.2. The third kappa shape index (κ3) is 6.84. The molecule has 114 valence electrons. The van der Waals surface area contributed by atoms with Crippen LogP contribution in [0.5, 0.6) is 0 Å². The van der Waals surface area contributed by atoms with Gasteiger partial charge in [0.25, 0.3) is 0 Å². The number of halogens is 3. The van der Waals surface area contributed by atoms with Crippen molar-refractivity contribution in [2.45, 2.75) is 19.0 Å². The molecule has 0 aliphatic heterocycles. The molecule has 0 saturated heterocycles. The molecule has 0 unspecified atom stereocenters. The lowest BCUT2D eigenvalue weighted by molar-refractivity contribution is -0.138. The highest BCUT2D eigenvalue weighted by atomic mass is 32.2. The number of benzene rings is 1. The highest BCUT2D eigenvalue weighted by molar-refractivity contribution is 8.16. The lowest BCUT2D eigenvalue weighted by atomic mass is 10.2. The Hall–Kier alpha value is -1.96. The summed E-state index contributed by atoms with van der Waals surface area (Å²) < 4.78 is 37.1. The summed E-state index contributed by atoms with van der Waals surface area (Å²) in [6, 6.07) is 4.31. The van der Waals surface area contributed by atoms with Crippen molar-refractivity contribution in [2.75, 3.05) is 0 Å². The van der Waals surface area contributed by atoms with Crippen LogP contribution < -0.4 is 5.73 Å². The molecule has 0 fully saturated rings. The van der Waals surface area contributed by atoms with Crippen molar-refractivity contribution in [1.29, 1.82) is 0 Å². The molecule has 0 amide bonds. The second kappa shape index (κ2) is 7.72. The monoisotopic (exact) mass is 318 g/mol. The first-order valence-electron chi connectivity index (χ1n) is 5.84. The van der Waals surface area contributed by atoms with Crippen LogP contribution in [0.2, 0.25) is 0 Å². The summed E-state index contributed by atoms with van der Waals surface area (Å²) in [6.07, 6.45) is -2.35. The number of hydrogen-bond acceptors (Lipinski definition) is 3. The van der Waals surface area contributed by atoms with E-state index in [1.54, 1.807) is 11.5 Å². The topological polar surface area (TPSA) is 75.7 Å². The van der Waals surface area contributed by atoms with E-state index in [0.717, 1.165) is 23.9 Å². The summed E-state index contributed by atoms with van der Waals surface area (Å²) in [5.74, 6) is -0.893. The van der Waals surface area contributed by atoms with E-state index < -0.39 is 17.7 Å². The third-order valence-electron chi connectivity index (χ3n) is 2.24. The molecule has 0 bridgehead atoms. The van der Waals surface area contributed by atoms with E-state index in [9.17, 15) is 18.0 Å². The van der Waals surface area contributed by atoms with E-state index >= 15 is 0 Å². The lowest BCUT2D eigenvalue weighted by Gasteiger charge is -2.05. The quantitative estimate of drug-likeness (QED) is 0.640. The van der Waals surface area contributed by atoms with E-state index in [1.165, 1.54) is 12.1 Å². The van der Waals surface area contributed by atoms with Crippen molar-refractivity contribution in [2.24, 2.45) is 10.7 Å². The molecule has 21 heavy (non-hydrogen) atoms. The molecule has 0 saturated carbocycles. The lowest BCUT2D eigenvalue weighted by Crippen LogP contribution is -2.05. The van der Waals surface area contributed by atoms with Gasteiger partial charge in [-0.05, 0) is 36.1 Å². The minimum atomic E-state index is -4.38. The van der Waals surface area contributed by atoms with Gasteiger partial charge in [0.2, 0.25) is 0 Å². The molecule has 1 aromatic rings. The van der Waals surface area contributed by atoms with Crippen molar-refractivity contribution >= 4 is 28.6 Å². The summed E-state index contributed by atoms with van der Waals surface area (Å²) in [7, 11) is 0. The number of thioether (sulfide) groups is 1. The molecule has 1 rings (SSSR count). The molecule has 0 aliphatic carbocycles. The largest absolute Gasteiger partial charge is 0.481 e. The van der Waals surface area contributed by atoms with E-state index in [4.69, 9.17) is 10.8 Å². The van der Waals surface area contributed by atoms with Crippen LogP contribution >= 0.6 is 11.8 Å². The van der Waals surface area contributed by atoms with Crippen molar-refractivity contribution in [1.82, 2.24) is 0 Å². The fourth-order valence-corrected chi connectivity index (χ4v) is 1.80. The predicted octanol–water partition coefficient (Wildman–Crippen LogP) is 3.76. The van der Waals surface area contributed by atoms with Gasteiger partial charge in [0, 0.05) is 6.42 Å². The molecule has 0 spiro atoms. The van der Waals surface area contributed by atoms with Gasteiger partial charge in [0.05, 0.1) is 11.3 Å². The van der Waals surface area contributed by atoms with Gasteiger partial charge >= 0.3 is 12.1 Å². The van der Waals surface area contributed by atoms with Gasteiger partial charge in [-0.25, -0.2) is 4.99 Å². The molecular weight excluding hydrogens is 305 g/mol. The van der Waals surface area contributed by atoms with Gasteiger partial charge in [-0.3, -0.25) is 4.79 Å². The standard InChI is InChI=1S/C13H13F3N2O2S/c14-13(15,16)9-4-6-10(7-5-9)18-12(17)21-8-2-1-3-11(19)20/h2,4-8H,1,3H2,(H2,17,18)(H,19,20)/b8-2+. The van der Waals surface area contributed by atoms with Crippen LogP contribution in [-0.2, 0) is 11.0 Å². The molecular formula is C13H13F3N2O2S. The van der Waals surface area contributed by atoms with Crippen LogP contribution in [0, 0.1) is 0 Å². The normalized spacial score (nSPS) is 12.8. The predicted molar refractivity (Wildman–Crippen MR) is 76.3 cm³/mol. The average Bonchev–Trinajstić information content (AvgIpc) is 2.37. The number of rotatable bonds is 5. The number of allylic oxidation sites excluding steroid dienone is 1. The number of hydrogen-bond donors (Lipinski definition) is 2. The van der Waals surface area contributed by atoms with Crippen LogP contribution in [0.4, 0.5) is 18.9 Å². The zero-order chi connectivity index (χ0) is 15.9. The number of aliphatic carboxylic acids is 1. The van der Waals surface area contributed by atoms with Gasteiger partial charge in [-0.2, -0.15) is 13.2 Å². The number of carbonyl (C=O) groups is 1. The maximum absolute atomic E-state index is 12.4. The molecule has 0 heterocycles. The number of aliphatic imine (C=N–C) groups is 1. The van der Waals surface area contributed by atoms with E-state index in [1.807, 2.05) is 0 Å². The number of carboxylic acids is 1. The van der Waals surface area contributed by atoms with E-state index in [2.05, 4.69) is 4.99 Å². The maximum atomic E-state index is 12.4. The Morgan fingerprint density at radius 3 is 2.48 bits per heavy atom. The van der Waals surface area contributed by atoms with Gasteiger partial charge < -0.3 is 10.8 Å². The van der Waals surface area contributed by atoms with Crippen LogP contribution in [0.1, 0.15) is 18.4 Å². The zero-order valence-electron chi connectivity index (χ0n) is 10.8. The molecule has 4 nitrogen and oxygen atoms in total. The highest BCUT2D eigenvalue weighted by Gasteiger charge is 2.29. The third-order valence-corrected chi connectivity index (χ3v) is 2.91. The summed E-state index contributed by atoms with van der Waals surface area (Å²) in [4.78, 5) is 14.2. The Labute approximate surface area is 123 Å². The second-order valence-corrected chi connectivity index (χ2v) is 4.84. The Balaban J connectivity index is 2.56. The molecule has 1 aromatic carbocycles. The molecule has 0 atom stereocenters. The number of alkyl halides is 3. The van der Waals surface area contributed by atoms with Crippen LogP contribution in [-0.4, -0.2) is 16.2 Å². The van der Waals surface area contributed by atoms with Crippen molar-refractivity contribution < 1.29 is 23.1 Å². The summed E-state index contributed by atoms with van der Waals surface area (Å²) in [6.45, 7) is 0. The van der Waals surface area contributed by atoms with Gasteiger partial charge in [-0.15, -0.1) is 0 Å². The number of nitrogens with two attached hydrogens (primary N) is 1. The molecule has 0 aliphatic rings. The Morgan fingerprint density at radius 1 is 1.33 bits per heavy atom.